The summed E-state index contributed by atoms with van der Waals surface area (Å²) in [4.78, 5) is 4.33. The highest BCUT2D eigenvalue weighted by atomic mass is 35.5. The second-order valence-electron chi connectivity index (χ2n) is 5.11. The zero-order valence-electron chi connectivity index (χ0n) is 13.4. The number of nitrogens with zero attached hydrogens (tertiary/aromatic N) is 1. The molecule has 0 bridgehead atoms. The molecule has 0 atom stereocenters. The molecule has 4 N–H and O–H groups in total. The minimum Gasteiger partial charge on any atom is -0.370 e. The molecule has 8 heteroatoms. The van der Waals surface area contributed by atoms with Crippen LogP contribution in [0.4, 0.5) is 0 Å². The van der Waals surface area contributed by atoms with Gasteiger partial charge in [0.25, 0.3) is 0 Å². The summed E-state index contributed by atoms with van der Waals surface area (Å²) >= 11 is 5.80. The summed E-state index contributed by atoms with van der Waals surface area (Å²) in [5.74, 6) is 0.337. The molecule has 0 fully saturated rings. The van der Waals surface area contributed by atoms with Gasteiger partial charge in [-0.15, -0.1) is 0 Å². The van der Waals surface area contributed by atoms with E-state index in [4.69, 9.17) is 17.3 Å². The zero-order valence-corrected chi connectivity index (χ0v) is 15.0. The second-order valence-corrected chi connectivity index (χ2v) is 7.31. The Labute approximate surface area is 143 Å². The van der Waals surface area contributed by atoms with Crippen LogP contribution in [0.2, 0.25) is 5.02 Å². The van der Waals surface area contributed by atoms with Crippen LogP contribution >= 0.6 is 11.6 Å². The topological polar surface area (TPSA) is 96.6 Å². The number of nitrogens with one attached hydrogen (secondary N) is 2. The van der Waals surface area contributed by atoms with E-state index >= 15 is 0 Å². The maximum atomic E-state index is 12.0. The van der Waals surface area contributed by atoms with E-state index in [0.29, 0.717) is 24.1 Å². The molecule has 23 heavy (non-hydrogen) atoms. The first-order chi connectivity index (χ1) is 11.0. The van der Waals surface area contributed by atoms with E-state index in [1.807, 2.05) is 0 Å². The lowest BCUT2D eigenvalue weighted by molar-refractivity contribution is 0.580. The summed E-state index contributed by atoms with van der Waals surface area (Å²) in [6.07, 6.45) is 4.54. The van der Waals surface area contributed by atoms with Gasteiger partial charge in [0, 0.05) is 24.7 Å². The summed E-state index contributed by atoms with van der Waals surface area (Å²) in [5, 5.41) is 3.26. The first kappa shape index (κ1) is 19.7. The van der Waals surface area contributed by atoms with Crippen LogP contribution in [0, 0.1) is 0 Å². The van der Waals surface area contributed by atoms with Crippen LogP contribution in [-0.4, -0.2) is 34.0 Å². The van der Waals surface area contributed by atoms with Gasteiger partial charge in [0.05, 0.1) is 4.90 Å². The number of sulfonamides is 1. The molecule has 1 aromatic carbocycles. The molecule has 0 spiro atoms. The van der Waals surface area contributed by atoms with Crippen molar-refractivity contribution >= 4 is 27.6 Å². The van der Waals surface area contributed by atoms with Gasteiger partial charge >= 0.3 is 0 Å². The maximum absolute atomic E-state index is 12.0. The number of halogens is 1. The molecule has 0 saturated heterocycles. The van der Waals surface area contributed by atoms with Gasteiger partial charge in [0.2, 0.25) is 10.0 Å². The number of nitrogens with two attached hydrogens (primary N) is 1. The molecule has 0 radical (unpaired) electrons. The van der Waals surface area contributed by atoms with Gasteiger partial charge < -0.3 is 11.1 Å². The number of hydrogen-bond acceptors (Lipinski definition) is 3. The maximum Gasteiger partial charge on any atom is 0.240 e. The molecule has 130 valence electrons. The van der Waals surface area contributed by atoms with Crippen molar-refractivity contribution in [2.75, 3.05) is 19.6 Å². The van der Waals surface area contributed by atoms with E-state index in [9.17, 15) is 8.42 Å². The third-order valence-corrected chi connectivity index (χ3v) is 4.82. The molecule has 0 saturated carbocycles. The van der Waals surface area contributed by atoms with Crippen molar-refractivity contribution in [2.24, 2.45) is 10.7 Å². The van der Waals surface area contributed by atoms with Crippen molar-refractivity contribution < 1.29 is 8.42 Å². The van der Waals surface area contributed by atoms with Gasteiger partial charge in [0.1, 0.15) is 0 Å². The Morgan fingerprint density at radius 2 is 2.04 bits per heavy atom. The highest BCUT2D eigenvalue weighted by Gasteiger charge is 2.13. The lowest BCUT2D eigenvalue weighted by atomic mass is 10.2. The van der Waals surface area contributed by atoms with Gasteiger partial charge in [-0.1, -0.05) is 43.9 Å². The average molecular weight is 361 g/mol. The predicted molar refractivity (Wildman–Crippen MR) is 95.3 cm³/mol. The largest absolute Gasteiger partial charge is 0.370 e. The van der Waals surface area contributed by atoms with Crippen molar-refractivity contribution in [2.45, 2.75) is 37.5 Å². The Hall–Kier alpha value is -1.31. The fourth-order valence-corrected chi connectivity index (χ4v) is 3.22. The highest BCUT2D eigenvalue weighted by Crippen LogP contribution is 2.14. The minimum absolute atomic E-state index is 0.141. The standard InChI is InChI=1S/C15H25ClN4O2S/c1-2-3-4-5-9-18-15(17)19-10-11-20-23(21,22)14-8-6-7-13(16)12-14/h6-8,12,20H,2-5,9-11H2,1H3,(H3,17,18,19). The molecule has 0 amide bonds. The van der Waals surface area contributed by atoms with Crippen molar-refractivity contribution in [1.82, 2.24) is 10.0 Å². The molecule has 0 heterocycles. The zero-order chi connectivity index (χ0) is 17.1. The Kier molecular flexibility index (Phi) is 8.98. The number of guanidine groups is 1. The first-order valence-electron chi connectivity index (χ1n) is 7.74. The molecule has 1 rings (SSSR count). The average Bonchev–Trinajstić information content (AvgIpc) is 2.51. The van der Waals surface area contributed by atoms with Crippen molar-refractivity contribution in [1.29, 1.82) is 0 Å². The van der Waals surface area contributed by atoms with Gasteiger partial charge in [-0.25, -0.2) is 13.1 Å². The van der Waals surface area contributed by atoms with Gasteiger partial charge in [-0.2, -0.15) is 0 Å². The molecule has 0 unspecified atom stereocenters. The third kappa shape index (κ3) is 8.20. The molecular formula is C15H25ClN4O2S. The van der Waals surface area contributed by atoms with E-state index in [1.165, 1.54) is 25.0 Å². The number of rotatable bonds is 10. The van der Waals surface area contributed by atoms with Gasteiger partial charge in [-0.05, 0) is 24.6 Å². The van der Waals surface area contributed by atoms with Crippen LogP contribution in [-0.2, 0) is 10.0 Å². The van der Waals surface area contributed by atoms with E-state index < -0.39 is 10.0 Å². The van der Waals surface area contributed by atoms with E-state index in [1.54, 1.807) is 12.1 Å². The lowest BCUT2D eigenvalue weighted by Gasteiger charge is -2.08. The molecule has 0 aliphatic heterocycles. The highest BCUT2D eigenvalue weighted by molar-refractivity contribution is 7.89. The fourth-order valence-electron chi connectivity index (χ4n) is 1.89. The number of aliphatic imine (C=N–C) groups is 1. The smallest absolute Gasteiger partial charge is 0.240 e. The molecule has 1 aromatic rings. The Morgan fingerprint density at radius 3 is 2.74 bits per heavy atom. The molecule has 0 aliphatic carbocycles. The summed E-state index contributed by atoms with van der Waals surface area (Å²) in [6, 6.07) is 6.12. The Bertz CT molecular complexity index is 605. The molecule has 0 aromatic heterocycles. The van der Waals surface area contributed by atoms with Crippen LogP contribution in [0.1, 0.15) is 32.6 Å². The predicted octanol–water partition coefficient (Wildman–Crippen LogP) is 2.10. The van der Waals surface area contributed by atoms with Crippen LogP contribution in [0.25, 0.3) is 0 Å². The summed E-state index contributed by atoms with van der Waals surface area (Å²) in [5.41, 5.74) is 5.71. The summed E-state index contributed by atoms with van der Waals surface area (Å²) in [7, 11) is -3.56. The molecular weight excluding hydrogens is 336 g/mol. The van der Waals surface area contributed by atoms with Crippen LogP contribution in [0.15, 0.2) is 34.2 Å². The number of hydrogen-bond donors (Lipinski definition) is 3. The molecule has 0 aliphatic rings. The van der Waals surface area contributed by atoms with Gasteiger partial charge in [0.15, 0.2) is 5.96 Å². The quantitative estimate of drug-likeness (QED) is 0.338. The fraction of sp³-hybridized carbons (Fsp3) is 0.533. The van der Waals surface area contributed by atoms with E-state index in [-0.39, 0.29) is 11.4 Å². The monoisotopic (exact) mass is 360 g/mol. The molecule has 6 nitrogen and oxygen atoms in total. The summed E-state index contributed by atoms with van der Waals surface area (Å²) < 4.78 is 26.6. The minimum atomic E-state index is -3.56. The van der Waals surface area contributed by atoms with E-state index in [0.717, 1.165) is 12.8 Å². The lowest BCUT2D eigenvalue weighted by Crippen LogP contribution is -2.38. The number of benzene rings is 1. The SMILES string of the molecule is CCCCCCN=C(N)NCCNS(=O)(=O)c1cccc(Cl)c1. The van der Waals surface area contributed by atoms with Gasteiger partial charge in [-0.3, -0.25) is 4.99 Å². The first-order valence-corrected chi connectivity index (χ1v) is 9.61. The van der Waals surface area contributed by atoms with Crippen LogP contribution < -0.4 is 15.8 Å². The van der Waals surface area contributed by atoms with Crippen LogP contribution in [0.5, 0.6) is 0 Å². The summed E-state index contributed by atoms with van der Waals surface area (Å²) in [6.45, 7) is 3.42. The van der Waals surface area contributed by atoms with Crippen molar-refractivity contribution in [3.8, 4) is 0 Å². The Balaban J connectivity index is 2.29. The van der Waals surface area contributed by atoms with Crippen molar-refractivity contribution in [3.05, 3.63) is 29.3 Å². The number of unbranched alkanes of at least 4 members (excludes halogenated alkanes) is 3. The van der Waals surface area contributed by atoms with Crippen molar-refractivity contribution in [3.63, 3.8) is 0 Å². The Morgan fingerprint density at radius 1 is 1.26 bits per heavy atom. The normalized spacial score (nSPS) is 12.3. The second kappa shape index (κ2) is 10.5. The van der Waals surface area contributed by atoms with E-state index in [2.05, 4.69) is 22.0 Å². The third-order valence-electron chi connectivity index (χ3n) is 3.12. The van der Waals surface area contributed by atoms with Crippen LogP contribution in [0.3, 0.4) is 0 Å².